The molecular formula is C20H22N4O2S. The van der Waals surface area contributed by atoms with E-state index in [0.29, 0.717) is 5.56 Å². The molecular weight excluding hydrogens is 360 g/mol. The molecule has 0 bridgehead atoms. The Balaban J connectivity index is 1.65. The lowest BCUT2D eigenvalue weighted by molar-refractivity contribution is -0.119. The number of hydrogen-bond acceptors (Lipinski definition) is 4. The van der Waals surface area contributed by atoms with Crippen LogP contribution in [0.5, 0.6) is 0 Å². The van der Waals surface area contributed by atoms with Crippen molar-refractivity contribution in [3.05, 3.63) is 59.7 Å². The van der Waals surface area contributed by atoms with Crippen molar-refractivity contribution in [3.63, 3.8) is 0 Å². The Kier molecular flexibility index (Phi) is 5.81. The van der Waals surface area contributed by atoms with Gasteiger partial charge in [-0.1, -0.05) is 36.0 Å². The van der Waals surface area contributed by atoms with Gasteiger partial charge in [0.05, 0.1) is 17.6 Å². The maximum absolute atomic E-state index is 12.6. The Morgan fingerprint density at radius 2 is 1.85 bits per heavy atom. The van der Waals surface area contributed by atoms with E-state index in [2.05, 4.69) is 9.97 Å². The van der Waals surface area contributed by atoms with Gasteiger partial charge in [0.1, 0.15) is 0 Å². The third kappa shape index (κ3) is 4.68. The van der Waals surface area contributed by atoms with E-state index >= 15 is 0 Å². The molecule has 0 saturated heterocycles. The van der Waals surface area contributed by atoms with E-state index in [9.17, 15) is 9.59 Å². The molecule has 1 aromatic heterocycles. The van der Waals surface area contributed by atoms with Crippen LogP contribution in [0.2, 0.25) is 0 Å². The zero-order chi connectivity index (χ0) is 19.4. The fourth-order valence-electron chi connectivity index (χ4n) is 2.72. The summed E-state index contributed by atoms with van der Waals surface area (Å²) in [5.41, 5.74) is 8.85. The van der Waals surface area contributed by atoms with Crippen molar-refractivity contribution in [1.29, 1.82) is 0 Å². The van der Waals surface area contributed by atoms with E-state index in [-0.39, 0.29) is 18.5 Å². The molecule has 0 atom stereocenters. The molecule has 3 aromatic rings. The number of hydrogen-bond donors (Lipinski definition) is 2. The van der Waals surface area contributed by atoms with Gasteiger partial charge in [-0.15, -0.1) is 0 Å². The number of fused-ring (bicyclic) bond motifs is 1. The van der Waals surface area contributed by atoms with Gasteiger partial charge in [-0.05, 0) is 43.7 Å². The molecule has 0 aliphatic carbocycles. The van der Waals surface area contributed by atoms with Gasteiger partial charge in [-0.3, -0.25) is 9.59 Å². The SMILES string of the molecule is CC(C)N(CC(N)=O)C(=O)c1ccc(CSc2nc3ccccc3[nH]2)cc1. The maximum Gasteiger partial charge on any atom is 0.254 e. The lowest BCUT2D eigenvalue weighted by atomic mass is 10.1. The molecule has 3 rings (SSSR count). The first-order valence-corrected chi connectivity index (χ1v) is 9.68. The number of nitrogens with one attached hydrogen (secondary N) is 1. The highest BCUT2D eigenvalue weighted by Crippen LogP contribution is 2.23. The minimum Gasteiger partial charge on any atom is -0.368 e. The van der Waals surface area contributed by atoms with Gasteiger partial charge in [-0.2, -0.15) is 0 Å². The Labute approximate surface area is 162 Å². The highest BCUT2D eigenvalue weighted by Gasteiger charge is 2.20. The van der Waals surface area contributed by atoms with E-state index in [1.807, 2.05) is 50.2 Å². The van der Waals surface area contributed by atoms with Crippen LogP contribution in [0.1, 0.15) is 29.8 Å². The van der Waals surface area contributed by atoms with Crippen molar-refractivity contribution in [3.8, 4) is 0 Å². The normalized spacial score (nSPS) is 11.1. The summed E-state index contributed by atoms with van der Waals surface area (Å²) in [4.78, 5) is 33.1. The fourth-order valence-corrected chi connectivity index (χ4v) is 3.56. The predicted molar refractivity (Wildman–Crippen MR) is 107 cm³/mol. The van der Waals surface area contributed by atoms with Gasteiger partial charge in [-0.25, -0.2) is 4.98 Å². The average molecular weight is 382 g/mol. The molecule has 140 valence electrons. The van der Waals surface area contributed by atoms with Crippen LogP contribution >= 0.6 is 11.8 Å². The van der Waals surface area contributed by atoms with E-state index < -0.39 is 5.91 Å². The molecule has 1 heterocycles. The molecule has 27 heavy (non-hydrogen) atoms. The van der Waals surface area contributed by atoms with Crippen molar-refractivity contribution in [1.82, 2.24) is 14.9 Å². The molecule has 2 aromatic carbocycles. The molecule has 7 heteroatoms. The number of imidazole rings is 1. The van der Waals surface area contributed by atoms with Crippen LogP contribution in [0.3, 0.4) is 0 Å². The number of para-hydroxylation sites is 2. The second-order valence-corrected chi connectivity index (χ2v) is 7.50. The van der Waals surface area contributed by atoms with E-state index in [1.165, 1.54) is 4.90 Å². The van der Waals surface area contributed by atoms with Gasteiger partial charge in [0, 0.05) is 17.4 Å². The minimum atomic E-state index is -0.518. The number of rotatable bonds is 7. The summed E-state index contributed by atoms with van der Waals surface area (Å²) in [7, 11) is 0. The molecule has 0 aliphatic heterocycles. The Morgan fingerprint density at radius 1 is 1.15 bits per heavy atom. The van der Waals surface area contributed by atoms with Gasteiger partial charge in [0.25, 0.3) is 5.91 Å². The Hall–Kier alpha value is -2.80. The highest BCUT2D eigenvalue weighted by atomic mass is 32.2. The summed E-state index contributed by atoms with van der Waals surface area (Å²) in [5.74, 6) is 0.0277. The first-order chi connectivity index (χ1) is 12.9. The number of amides is 2. The van der Waals surface area contributed by atoms with E-state index in [4.69, 9.17) is 5.73 Å². The van der Waals surface area contributed by atoms with Crippen molar-refractivity contribution >= 4 is 34.6 Å². The second kappa shape index (κ2) is 8.26. The van der Waals surface area contributed by atoms with E-state index in [0.717, 1.165) is 27.5 Å². The van der Waals surface area contributed by atoms with Crippen molar-refractivity contribution < 1.29 is 9.59 Å². The van der Waals surface area contributed by atoms with Crippen LogP contribution in [0, 0.1) is 0 Å². The zero-order valence-corrected chi connectivity index (χ0v) is 16.1. The van der Waals surface area contributed by atoms with Crippen molar-refractivity contribution in [2.24, 2.45) is 5.73 Å². The topological polar surface area (TPSA) is 92.1 Å². The van der Waals surface area contributed by atoms with Crippen LogP contribution in [0.4, 0.5) is 0 Å². The standard InChI is InChI=1S/C20H22N4O2S/c1-13(2)24(11-18(21)25)19(26)15-9-7-14(8-10-15)12-27-20-22-16-5-3-4-6-17(16)23-20/h3-10,13H,11-12H2,1-2H3,(H2,21,25)(H,22,23). The molecule has 0 radical (unpaired) electrons. The van der Waals surface area contributed by atoms with E-state index in [1.54, 1.807) is 23.9 Å². The number of benzene rings is 2. The number of thioether (sulfide) groups is 1. The second-order valence-electron chi connectivity index (χ2n) is 6.54. The Bertz CT molecular complexity index is 917. The molecule has 3 N–H and O–H groups in total. The first kappa shape index (κ1) is 19.0. The molecule has 2 amide bonds. The van der Waals surface area contributed by atoms with Gasteiger partial charge < -0.3 is 15.6 Å². The monoisotopic (exact) mass is 382 g/mol. The molecule has 0 saturated carbocycles. The summed E-state index contributed by atoms with van der Waals surface area (Å²) in [6, 6.07) is 15.2. The van der Waals surface area contributed by atoms with Crippen LogP contribution in [0.15, 0.2) is 53.7 Å². The highest BCUT2D eigenvalue weighted by molar-refractivity contribution is 7.98. The Morgan fingerprint density at radius 3 is 2.48 bits per heavy atom. The van der Waals surface area contributed by atoms with Crippen LogP contribution in [-0.2, 0) is 10.5 Å². The smallest absolute Gasteiger partial charge is 0.254 e. The number of nitrogens with zero attached hydrogens (tertiary/aromatic N) is 2. The quantitative estimate of drug-likeness (QED) is 0.614. The number of nitrogens with two attached hydrogens (primary N) is 1. The molecule has 0 aliphatic rings. The molecule has 6 nitrogen and oxygen atoms in total. The fraction of sp³-hybridized carbons (Fsp3) is 0.250. The van der Waals surface area contributed by atoms with Gasteiger partial charge in [0.15, 0.2) is 5.16 Å². The third-order valence-electron chi connectivity index (χ3n) is 4.15. The van der Waals surface area contributed by atoms with Crippen molar-refractivity contribution in [2.45, 2.75) is 30.8 Å². The number of carbonyl (C=O) groups excluding carboxylic acids is 2. The average Bonchev–Trinajstić information content (AvgIpc) is 3.07. The molecule has 0 unspecified atom stereocenters. The first-order valence-electron chi connectivity index (χ1n) is 8.70. The number of aromatic nitrogens is 2. The number of primary amides is 1. The number of aromatic amines is 1. The molecule has 0 spiro atoms. The maximum atomic E-state index is 12.6. The minimum absolute atomic E-state index is 0.0832. The van der Waals surface area contributed by atoms with Crippen LogP contribution < -0.4 is 5.73 Å². The van der Waals surface area contributed by atoms with Crippen LogP contribution in [-0.4, -0.2) is 39.3 Å². The number of H-pyrrole nitrogens is 1. The predicted octanol–water partition coefficient (Wildman–Crippen LogP) is 3.19. The summed E-state index contributed by atoms with van der Waals surface area (Å²) < 4.78 is 0. The summed E-state index contributed by atoms with van der Waals surface area (Å²) >= 11 is 1.61. The van der Waals surface area contributed by atoms with Crippen molar-refractivity contribution in [2.75, 3.05) is 6.54 Å². The largest absolute Gasteiger partial charge is 0.368 e. The zero-order valence-electron chi connectivity index (χ0n) is 15.3. The molecule has 0 fully saturated rings. The third-order valence-corrected chi connectivity index (χ3v) is 5.10. The van der Waals surface area contributed by atoms with Crippen LogP contribution in [0.25, 0.3) is 11.0 Å². The lowest BCUT2D eigenvalue weighted by Crippen LogP contribution is -2.42. The van der Waals surface area contributed by atoms with Gasteiger partial charge >= 0.3 is 0 Å². The number of carbonyl (C=O) groups is 2. The summed E-state index contributed by atoms with van der Waals surface area (Å²) in [6.45, 7) is 3.64. The van der Waals surface area contributed by atoms with Gasteiger partial charge in [0.2, 0.25) is 5.91 Å². The summed E-state index contributed by atoms with van der Waals surface area (Å²) in [6.07, 6.45) is 0. The summed E-state index contributed by atoms with van der Waals surface area (Å²) in [5, 5.41) is 0.865. The lowest BCUT2D eigenvalue weighted by Gasteiger charge is -2.25.